The van der Waals surface area contributed by atoms with Gasteiger partial charge in [0.15, 0.2) is 0 Å². The Bertz CT molecular complexity index is 855. The number of hydrogen-bond acceptors (Lipinski definition) is 5. The van der Waals surface area contributed by atoms with Crippen molar-refractivity contribution in [2.75, 3.05) is 32.5 Å². The van der Waals surface area contributed by atoms with E-state index in [1.165, 1.54) is 18.9 Å². The molecule has 152 valence electrons. The standard InChI is InChI=1S/C22H24N2O4S/c1-28-22(27)18-9-7-17(8-10-18)15-24-14-13-23(12-11-20(24)25)21(26)16-29-19-5-3-2-4-6-19/h2-10H,11-16H2,1H3. The van der Waals surface area contributed by atoms with Gasteiger partial charge in [-0.05, 0) is 29.8 Å². The number of nitrogens with zero attached hydrogens (tertiary/aromatic N) is 2. The van der Waals surface area contributed by atoms with Crippen LogP contribution in [0.2, 0.25) is 0 Å². The number of carbonyl (C=O) groups is 3. The Morgan fingerprint density at radius 2 is 1.72 bits per heavy atom. The molecule has 0 atom stereocenters. The molecule has 2 amide bonds. The predicted octanol–water partition coefficient (Wildman–Crippen LogP) is 2.83. The number of amides is 2. The van der Waals surface area contributed by atoms with E-state index in [1.807, 2.05) is 42.5 Å². The molecular weight excluding hydrogens is 388 g/mol. The van der Waals surface area contributed by atoms with Gasteiger partial charge in [0, 0.05) is 37.5 Å². The minimum absolute atomic E-state index is 0.0352. The largest absolute Gasteiger partial charge is 0.465 e. The Balaban J connectivity index is 1.53. The van der Waals surface area contributed by atoms with Crippen LogP contribution in [-0.4, -0.2) is 60.1 Å². The van der Waals surface area contributed by atoms with Crippen molar-refractivity contribution in [1.82, 2.24) is 9.80 Å². The van der Waals surface area contributed by atoms with Crippen molar-refractivity contribution >= 4 is 29.5 Å². The molecule has 3 rings (SSSR count). The molecule has 1 saturated heterocycles. The van der Waals surface area contributed by atoms with Gasteiger partial charge in [-0.2, -0.15) is 0 Å². The Morgan fingerprint density at radius 3 is 2.41 bits per heavy atom. The molecule has 1 fully saturated rings. The first-order chi connectivity index (χ1) is 14.1. The van der Waals surface area contributed by atoms with Gasteiger partial charge >= 0.3 is 5.97 Å². The van der Waals surface area contributed by atoms with Crippen LogP contribution in [0.4, 0.5) is 0 Å². The zero-order valence-corrected chi connectivity index (χ0v) is 17.2. The molecule has 29 heavy (non-hydrogen) atoms. The van der Waals surface area contributed by atoms with Crippen molar-refractivity contribution in [3.8, 4) is 0 Å². The number of methoxy groups -OCH3 is 1. The monoisotopic (exact) mass is 412 g/mol. The van der Waals surface area contributed by atoms with Crippen LogP contribution in [0, 0.1) is 0 Å². The van der Waals surface area contributed by atoms with Crippen molar-refractivity contribution < 1.29 is 19.1 Å². The Morgan fingerprint density at radius 1 is 1.00 bits per heavy atom. The summed E-state index contributed by atoms with van der Waals surface area (Å²) in [5.74, 6) is 0.0709. The normalized spacial score (nSPS) is 14.4. The van der Waals surface area contributed by atoms with Crippen LogP contribution in [0.5, 0.6) is 0 Å². The molecule has 6 nitrogen and oxygen atoms in total. The first-order valence-corrected chi connectivity index (χ1v) is 10.5. The van der Waals surface area contributed by atoms with E-state index in [2.05, 4.69) is 0 Å². The molecule has 0 N–H and O–H groups in total. The highest BCUT2D eigenvalue weighted by Gasteiger charge is 2.24. The van der Waals surface area contributed by atoms with E-state index in [1.54, 1.807) is 21.9 Å². The average Bonchev–Trinajstić information content (AvgIpc) is 2.94. The van der Waals surface area contributed by atoms with Gasteiger partial charge in [-0.3, -0.25) is 9.59 Å². The van der Waals surface area contributed by atoms with Crippen LogP contribution in [0.1, 0.15) is 22.3 Å². The molecule has 0 aromatic heterocycles. The van der Waals surface area contributed by atoms with Crippen LogP contribution in [0.3, 0.4) is 0 Å². The molecule has 1 heterocycles. The molecule has 1 aliphatic rings. The fourth-order valence-corrected chi connectivity index (χ4v) is 3.94. The molecule has 0 bridgehead atoms. The lowest BCUT2D eigenvalue weighted by molar-refractivity contribution is -0.130. The molecule has 0 aliphatic carbocycles. The minimum atomic E-state index is -0.384. The van der Waals surface area contributed by atoms with E-state index in [0.29, 0.717) is 43.9 Å². The fraction of sp³-hybridized carbons (Fsp3) is 0.318. The summed E-state index contributed by atoms with van der Waals surface area (Å²) in [4.78, 5) is 41.2. The zero-order chi connectivity index (χ0) is 20.6. The van der Waals surface area contributed by atoms with E-state index in [9.17, 15) is 14.4 Å². The van der Waals surface area contributed by atoms with Gasteiger partial charge in [-0.1, -0.05) is 30.3 Å². The molecule has 1 aliphatic heterocycles. The Labute approximate surface area is 174 Å². The third-order valence-corrected chi connectivity index (χ3v) is 5.79. The smallest absolute Gasteiger partial charge is 0.337 e. The van der Waals surface area contributed by atoms with Crippen LogP contribution >= 0.6 is 11.8 Å². The van der Waals surface area contributed by atoms with Crippen LogP contribution in [0.25, 0.3) is 0 Å². The van der Waals surface area contributed by atoms with Gasteiger partial charge in [0.25, 0.3) is 0 Å². The highest BCUT2D eigenvalue weighted by molar-refractivity contribution is 8.00. The van der Waals surface area contributed by atoms with Gasteiger partial charge in [0.1, 0.15) is 0 Å². The second kappa shape index (κ2) is 10.1. The summed E-state index contributed by atoms with van der Waals surface area (Å²) in [5, 5.41) is 0. The third kappa shape index (κ3) is 5.84. The van der Waals surface area contributed by atoms with E-state index >= 15 is 0 Å². The fourth-order valence-electron chi connectivity index (χ4n) is 3.12. The number of carbonyl (C=O) groups excluding carboxylic acids is 3. The SMILES string of the molecule is COC(=O)c1ccc(CN2CCN(C(=O)CSc3ccccc3)CCC2=O)cc1. The van der Waals surface area contributed by atoms with Crippen molar-refractivity contribution in [1.29, 1.82) is 0 Å². The number of thioether (sulfide) groups is 1. The molecular formula is C22H24N2O4S. The Hall–Kier alpha value is -2.80. The quantitative estimate of drug-likeness (QED) is 0.539. The molecule has 7 heteroatoms. The topological polar surface area (TPSA) is 66.9 Å². The summed E-state index contributed by atoms with van der Waals surface area (Å²) in [7, 11) is 1.34. The summed E-state index contributed by atoms with van der Waals surface area (Å²) < 4.78 is 4.70. The van der Waals surface area contributed by atoms with Gasteiger partial charge in [-0.25, -0.2) is 4.79 Å². The molecule has 0 radical (unpaired) electrons. The number of benzene rings is 2. The maximum Gasteiger partial charge on any atom is 0.337 e. The highest BCUT2D eigenvalue weighted by Crippen LogP contribution is 2.18. The number of esters is 1. The lowest BCUT2D eigenvalue weighted by atomic mass is 10.1. The minimum Gasteiger partial charge on any atom is -0.465 e. The molecule has 2 aromatic carbocycles. The van der Waals surface area contributed by atoms with E-state index in [0.717, 1.165) is 10.5 Å². The van der Waals surface area contributed by atoms with Crippen molar-refractivity contribution in [2.45, 2.75) is 17.9 Å². The lowest BCUT2D eigenvalue weighted by Gasteiger charge is -2.22. The molecule has 0 spiro atoms. The zero-order valence-electron chi connectivity index (χ0n) is 16.4. The number of rotatable bonds is 6. The second-order valence-electron chi connectivity index (χ2n) is 6.74. The molecule has 0 saturated carbocycles. The predicted molar refractivity (Wildman–Crippen MR) is 112 cm³/mol. The van der Waals surface area contributed by atoms with Crippen LogP contribution in [-0.2, 0) is 20.9 Å². The van der Waals surface area contributed by atoms with Crippen molar-refractivity contribution in [3.63, 3.8) is 0 Å². The number of hydrogen-bond donors (Lipinski definition) is 0. The summed E-state index contributed by atoms with van der Waals surface area (Å²) in [5.41, 5.74) is 1.41. The van der Waals surface area contributed by atoms with E-state index in [4.69, 9.17) is 4.74 Å². The summed E-state index contributed by atoms with van der Waals surface area (Å²) in [6.45, 7) is 1.94. The maximum absolute atomic E-state index is 12.6. The van der Waals surface area contributed by atoms with Crippen molar-refractivity contribution in [3.05, 3.63) is 65.7 Å². The van der Waals surface area contributed by atoms with Crippen LogP contribution in [0.15, 0.2) is 59.5 Å². The third-order valence-electron chi connectivity index (χ3n) is 4.79. The van der Waals surface area contributed by atoms with E-state index in [-0.39, 0.29) is 17.8 Å². The second-order valence-corrected chi connectivity index (χ2v) is 7.79. The number of ether oxygens (including phenoxy) is 1. The van der Waals surface area contributed by atoms with Gasteiger partial charge < -0.3 is 14.5 Å². The van der Waals surface area contributed by atoms with Gasteiger partial charge in [0.2, 0.25) is 11.8 Å². The first kappa shape index (κ1) is 20.9. The summed E-state index contributed by atoms with van der Waals surface area (Å²) in [6, 6.07) is 16.9. The average molecular weight is 413 g/mol. The Kier molecular flexibility index (Phi) is 7.30. The summed E-state index contributed by atoms with van der Waals surface area (Å²) >= 11 is 1.51. The summed E-state index contributed by atoms with van der Waals surface area (Å²) in [6.07, 6.45) is 0.321. The van der Waals surface area contributed by atoms with Gasteiger partial charge in [-0.15, -0.1) is 11.8 Å². The molecule has 2 aromatic rings. The van der Waals surface area contributed by atoms with Crippen LogP contribution < -0.4 is 0 Å². The highest BCUT2D eigenvalue weighted by atomic mass is 32.2. The first-order valence-electron chi connectivity index (χ1n) is 9.47. The lowest BCUT2D eigenvalue weighted by Crippen LogP contribution is -2.36. The molecule has 0 unspecified atom stereocenters. The maximum atomic E-state index is 12.6. The van der Waals surface area contributed by atoms with Crippen molar-refractivity contribution in [2.24, 2.45) is 0 Å². The van der Waals surface area contributed by atoms with Gasteiger partial charge in [0.05, 0.1) is 18.4 Å². The van der Waals surface area contributed by atoms with E-state index < -0.39 is 0 Å².